The molecule has 2 heterocycles. The van der Waals surface area contributed by atoms with Crippen LogP contribution in [0.3, 0.4) is 0 Å². The fourth-order valence-corrected chi connectivity index (χ4v) is 9.42. The van der Waals surface area contributed by atoms with Gasteiger partial charge in [0.2, 0.25) is 11.8 Å². The molecule has 3 aromatic carbocycles. The van der Waals surface area contributed by atoms with Crippen molar-refractivity contribution in [1.82, 2.24) is 5.01 Å². The van der Waals surface area contributed by atoms with E-state index in [9.17, 15) is 19.2 Å². The Labute approximate surface area is 254 Å². The van der Waals surface area contributed by atoms with Crippen molar-refractivity contribution in [3.8, 4) is 5.75 Å². The maximum absolute atomic E-state index is 14.7. The van der Waals surface area contributed by atoms with Crippen LogP contribution in [-0.2, 0) is 24.6 Å². The highest BCUT2D eigenvalue weighted by Gasteiger charge is 2.68. The molecule has 8 nitrogen and oxygen atoms in total. The minimum Gasteiger partial charge on any atom is -0.495 e. The number of hydrazone groups is 1. The van der Waals surface area contributed by atoms with Crippen molar-refractivity contribution in [2.45, 2.75) is 24.2 Å². The van der Waals surface area contributed by atoms with Gasteiger partial charge in [0.1, 0.15) is 5.75 Å². The molecule has 0 aromatic heterocycles. The molecular weight excluding hydrogens is 554 g/mol. The number of amides is 4. The highest BCUT2D eigenvalue weighted by molar-refractivity contribution is 6.25. The van der Waals surface area contributed by atoms with Crippen molar-refractivity contribution >= 4 is 35.5 Å². The van der Waals surface area contributed by atoms with Gasteiger partial charge in [-0.1, -0.05) is 72.8 Å². The van der Waals surface area contributed by atoms with E-state index >= 15 is 0 Å². The zero-order chi connectivity index (χ0) is 29.9. The molecule has 11 rings (SSSR count). The SMILES string of the molecule is COc1ccccc1N1C(=O)[C@@H]2C3c4ccccc4C(/C=N\N4C(=O)[C@H]5[C@H](C4=O)[C@H]4C=C[C@H]5CC4)(c4ccccc43)[C@H]2C1=O. The molecule has 2 aliphatic heterocycles. The topological polar surface area (TPSA) is 96.3 Å². The van der Waals surface area contributed by atoms with E-state index < -0.39 is 29.1 Å². The molecule has 8 aliphatic rings. The molecule has 0 unspecified atom stereocenters. The van der Waals surface area contributed by atoms with E-state index in [-0.39, 0.29) is 41.4 Å². The summed E-state index contributed by atoms with van der Waals surface area (Å²) < 4.78 is 5.57. The van der Waals surface area contributed by atoms with Crippen LogP contribution in [0.2, 0.25) is 0 Å². The van der Waals surface area contributed by atoms with Crippen LogP contribution >= 0.6 is 0 Å². The molecule has 2 saturated heterocycles. The van der Waals surface area contributed by atoms with Crippen LogP contribution in [0, 0.1) is 35.5 Å². The van der Waals surface area contributed by atoms with Gasteiger partial charge in [0.05, 0.1) is 41.9 Å². The molecular formula is C36H29N3O5. The van der Waals surface area contributed by atoms with Crippen LogP contribution in [0.25, 0.3) is 0 Å². The monoisotopic (exact) mass is 583 g/mol. The minimum absolute atomic E-state index is 0.0409. The number of hydrogen-bond donors (Lipinski definition) is 0. The number of hydrogen-bond acceptors (Lipinski definition) is 6. The zero-order valence-electron chi connectivity index (χ0n) is 24.0. The molecule has 0 radical (unpaired) electrons. The number of fused-ring (bicyclic) bond motifs is 1. The van der Waals surface area contributed by atoms with Crippen LogP contribution < -0.4 is 9.64 Å². The van der Waals surface area contributed by atoms with Crippen molar-refractivity contribution < 1.29 is 23.9 Å². The van der Waals surface area contributed by atoms with Crippen molar-refractivity contribution in [3.05, 3.63) is 107 Å². The molecule has 4 bridgehead atoms. The van der Waals surface area contributed by atoms with Gasteiger partial charge in [0.25, 0.3) is 11.8 Å². The van der Waals surface area contributed by atoms with E-state index in [1.54, 1.807) is 30.5 Å². The largest absolute Gasteiger partial charge is 0.495 e. The summed E-state index contributed by atoms with van der Waals surface area (Å²) in [4.78, 5) is 58.0. The average Bonchev–Trinajstić information content (AvgIpc) is 3.50. The minimum atomic E-state index is -1.18. The van der Waals surface area contributed by atoms with Crippen LogP contribution in [0.15, 0.2) is 90.0 Å². The molecule has 218 valence electrons. The number of nitrogens with zero attached hydrogens (tertiary/aromatic N) is 3. The summed E-state index contributed by atoms with van der Waals surface area (Å²) in [5.41, 5.74) is 2.87. The Kier molecular flexibility index (Phi) is 5.15. The molecule has 0 spiro atoms. The number of carbonyl (C=O) groups excluding carboxylic acids is 4. The van der Waals surface area contributed by atoms with Gasteiger partial charge in [-0.05, 0) is 59.1 Å². The number of para-hydroxylation sites is 2. The lowest BCUT2D eigenvalue weighted by atomic mass is 9.47. The standard InChI is InChI=1S/C36H29N3O5/c1-44-26-13-7-6-12-25(26)38-32(40)30-29-21-8-2-4-10-23(21)36(31(30)35(38)43,24-11-5-3-9-22(24)29)18-37-39-33(41)27-19-14-15-20(17-16-19)28(27)34(39)42/h2-15,18-20,27-31H,16-17H2,1H3/b37-18-/t19-,20-,27+,28+,29?,30+,31+,36?/m0/s1. The van der Waals surface area contributed by atoms with E-state index in [1.807, 2.05) is 48.5 Å². The third-order valence-corrected chi connectivity index (χ3v) is 11.1. The van der Waals surface area contributed by atoms with Crippen LogP contribution in [-0.4, -0.2) is 42.0 Å². The lowest BCUT2D eigenvalue weighted by Crippen LogP contribution is -2.55. The van der Waals surface area contributed by atoms with Gasteiger partial charge in [-0.15, -0.1) is 0 Å². The number of rotatable bonds is 4. The molecule has 6 atom stereocenters. The predicted octanol–water partition coefficient (Wildman–Crippen LogP) is 4.43. The number of benzene rings is 3. The van der Waals surface area contributed by atoms with Crippen molar-refractivity contribution in [2.24, 2.45) is 40.6 Å². The van der Waals surface area contributed by atoms with E-state index in [2.05, 4.69) is 12.2 Å². The molecule has 44 heavy (non-hydrogen) atoms. The quantitative estimate of drug-likeness (QED) is 0.257. The van der Waals surface area contributed by atoms with Crippen LogP contribution in [0.4, 0.5) is 5.69 Å². The Bertz CT molecular complexity index is 1800. The first-order valence-electron chi connectivity index (χ1n) is 15.3. The molecule has 0 N–H and O–H groups in total. The van der Waals surface area contributed by atoms with Crippen molar-refractivity contribution in [3.63, 3.8) is 0 Å². The summed E-state index contributed by atoms with van der Waals surface area (Å²) in [5.74, 6) is -3.34. The first-order chi connectivity index (χ1) is 21.5. The maximum Gasteiger partial charge on any atom is 0.254 e. The first kappa shape index (κ1) is 25.6. The average molecular weight is 584 g/mol. The van der Waals surface area contributed by atoms with Gasteiger partial charge in [-0.25, -0.2) is 4.90 Å². The van der Waals surface area contributed by atoms with E-state index in [1.165, 1.54) is 12.0 Å². The number of methoxy groups -OCH3 is 1. The third-order valence-electron chi connectivity index (χ3n) is 11.1. The molecule has 4 amide bonds. The lowest BCUT2D eigenvalue weighted by molar-refractivity contribution is -0.140. The third kappa shape index (κ3) is 2.96. The number of allylic oxidation sites excluding steroid dienone is 2. The Morgan fingerprint density at radius 2 is 1.30 bits per heavy atom. The zero-order valence-corrected chi connectivity index (χ0v) is 24.0. The normalized spacial score (nSPS) is 34.1. The molecule has 1 saturated carbocycles. The highest BCUT2D eigenvalue weighted by Crippen LogP contribution is 2.64. The molecule has 8 heteroatoms. The Hall–Kier alpha value is -4.85. The molecule has 3 aromatic rings. The van der Waals surface area contributed by atoms with Gasteiger partial charge in [-0.2, -0.15) is 10.1 Å². The number of carbonyl (C=O) groups is 4. The summed E-state index contributed by atoms with van der Waals surface area (Å²) in [6.07, 6.45) is 7.59. The fraction of sp³-hybridized carbons (Fsp3) is 0.306. The van der Waals surface area contributed by atoms with E-state index in [0.717, 1.165) is 40.1 Å². The second-order valence-electron chi connectivity index (χ2n) is 12.8. The van der Waals surface area contributed by atoms with Gasteiger partial charge < -0.3 is 4.74 Å². The predicted molar refractivity (Wildman–Crippen MR) is 161 cm³/mol. The fourth-order valence-electron chi connectivity index (χ4n) is 9.42. The summed E-state index contributed by atoms with van der Waals surface area (Å²) >= 11 is 0. The van der Waals surface area contributed by atoms with E-state index in [0.29, 0.717) is 11.4 Å². The second-order valence-corrected chi connectivity index (χ2v) is 12.8. The van der Waals surface area contributed by atoms with Crippen LogP contribution in [0.5, 0.6) is 5.75 Å². The first-order valence-corrected chi connectivity index (χ1v) is 15.3. The van der Waals surface area contributed by atoms with Crippen LogP contribution in [0.1, 0.15) is 41.0 Å². The summed E-state index contributed by atoms with van der Waals surface area (Å²) in [6.45, 7) is 0. The maximum atomic E-state index is 14.7. The number of imide groups is 2. The highest BCUT2D eigenvalue weighted by atomic mass is 16.5. The Balaban J connectivity index is 1.24. The Morgan fingerprint density at radius 1 is 0.727 bits per heavy atom. The van der Waals surface area contributed by atoms with Gasteiger partial charge >= 0.3 is 0 Å². The smallest absolute Gasteiger partial charge is 0.254 e. The lowest BCUT2D eigenvalue weighted by Gasteiger charge is -2.52. The van der Waals surface area contributed by atoms with Gasteiger partial charge in [-0.3, -0.25) is 19.2 Å². The summed E-state index contributed by atoms with van der Waals surface area (Å²) in [7, 11) is 1.52. The Morgan fingerprint density at radius 3 is 1.89 bits per heavy atom. The number of anilines is 1. The number of ether oxygens (including phenoxy) is 1. The van der Waals surface area contributed by atoms with E-state index in [4.69, 9.17) is 9.84 Å². The molecule has 3 fully saturated rings. The van der Waals surface area contributed by atoms with Gasteiger partial charge in [0, 0.05) is 12.1 Å². The van der Waals surface area contributed by atoms with Crippen molar-refractivity contribution in [2.75, 3.05) is 12.0 Å². The second kappa shape index (κ2) is 8.85. The summed E-state index contributed by atoms with van der Waals surface area (Å²) in [5, 5.41) is 5.78. The van der Waals surface area contributed by atoms with Gasteiger partial charge in [0.15, 0.2) is 0 Å². The summed E-state index contributed by atoms with van der Waals surface area (Å²) in [6, 6.07) is 22.8. The molecule has 6 aliphatic carbocycles. The van der Waals surface area contributed by atoms with Crippen molar-refractivity contribution in [1.29, 1.82) is 0 Å².